The van der Waals surface area contributed by atoms with Crippen LogP contribution in [0.25, 0.3) is 0 Å². The lowest BCUT2D eigenvalue weighted by Gasteiger charge is -2.37. The minimum Gasteiger partial charge on any atom is -0.0802 e. The van der Waals surface area contributed by atoms with Crippen molar-refractivity contribution in [2.45, 2.75) is 89.0 Å². The molecule has 2 fully saturated rings. The van der Waals surface area contributed by atoms with Gasteiger partial charge in [0.1, 0.15) is 0 Å². The Balaban J connectivity index is 1.69. The number of hydrogen-bond donors (Lipinski definition) is 0. The Kier molecular flexibility index (Phi) is 6.28. The lowest BCUT2D eigenvalue weighted by Crippen LogP contribution is -2.31. The van der Waals surface area contributed by atoms with Gasteiger partial charge in [-0.05, 0) is 93.5 Å². The maximum absolute atomic E-state index is 2.70. The van der Waals surface area contributed by atoms with Crippen molar-refractivity contribution in [3.8, 4) is 0 Å². The standard InChI is InChI=1S/C33H52/c1-20-16-24(33(9,10)11)19-27(20)21(2)30-25-14-12-22(31(3,4)5)17-28(25)29-18-23(32(6,7)8)13-15-26(29)30/h12-15,17-18,20-21,24-30H,16,19H2,1-11H3. The van der Waals surface area contributed by atoms with Crippen LogP contribution in [-0.4, -0.2) is 0 Å². The summed E-state index contributed by atoms with van der Waals surface area (Å²) in [6.45, 7) is 26.8. The monoisotopic (exact) mass is 448 g/mol. The van der Waals surface area contributed by atoms with Crippen LogP contribution in [0.5, 0.6) is 0 Å². The smallest absolute Gasteiger partial charge is 0.00925 e. The van der Waals surface area contributed by atoms with Crippen LogP contribution >= 0.6 is 0 Å². The first-order chi connectivity index (χ1) is 15.1. The largest absolute Gasteiger partial charge is 0.0802 e. The van der Waals surface area contributed by atoms with Crippen LogP contribution in [-0.2, 0) is 0 Å². The quantitative estimate of drug-likeness (QED) is 0.394. The molecule has 184 valence electrons. The summed E-state index contributed by atoms with van der Waals surface area (Å²) in [4.78, 5) is 0. The van der Waals surface area contributed by atoms with Gasteiger partial charge in [0.25, 0.3) is 0 Å². The van der Waals surface area contributed by atoms with Gasteiger partial charge in [-0.1, -0.05) is 113 Å². The van der Waals surface area contributed by atoms with Gasteiger partial charge >= 0.3 is 0 Å². The number of allylic oxidation sites excluding steroid dienone is 8. The minimum absolute atomic E-state index is 0.224. The average Bonchev–Trinajstić information content (AvgIpc) is 3.23. The van der Waals surface area contributed by atoms with Gasteiger partial charge in [0.15, 0.2) is 0 Å². The fourth-order valence-electron chi connectivity index (χ4n) is 7.90. The Morgan fingerprint density at radius 1 is 0.697 bits per heavy atom. The molecular formula is C33H52. The summed E-state index contributed by atoms with van der Waals surface area (Å²) in [6.07, 6.45) is 18.5. The van der Waals surface area contributed by atoms with Gasteiger partial charge in [-0.2, -0.15) is 0 Å². The molecule has 8 unspecified atom stereocenters. The van der Waals surface area contributed by atoms with Gasteiger partial charge in [0.05, 0.1) is 0 Å². The van der Waals surface area contributed by atoms with Gasteiger partial charge in [0.2, 0.25) is 0 Å². The van der Waals surface area contributed by atoms with Crippen LogP contribution in [0.2, 0.25) is 0 Å². The van der Waals surface area contributed by atoms with E-state index in [0.717, 1.165) is 29.6 Å². The van der Waals surface area contributed by atoms with Gasteiger partial charge < -0.3 is 0 Å². The van der Waals surface area contributed by atoms with Crippen LogP contribution in [0.4, 0.5) is 0 Å². The van der Waals surface area contributed by atoms with E-state index in [1.165, 1.54) is 24.0 Å². The van der Waals surface area contributed by atoms with E-state index in [1.807, 2.05) is 0 Å². The van der Waals surface area contributed by atoms with E-state index >= 15 is 0 Å². The van der Waals surface area contributed by atoms with Crippen LogP contribution in [0, 0.1) is 69.5 Å². The highest BCUT2D eigenvalue weighted by atomic mass is 14.6. The molecule has 0 bridgehead atoms. The Hall–Kier alpha value is -1.04. The summed E-state index contributed by atoms with van der Waals surface area (Å²) < 4.78 is 0. The molecule has 0 saturated heterocycles. The van der Waals surface area contributed by atoms with Gasteiger partial charge in [0, 0.05) is 0 Å². The molecule has 0 radical (unpaired) electrons. The molecule has 4 aliphatic carbocycles. The summed E-state index contributed by atoms with van der Waals surface area (Å²) in [5.41, 5.74) is 3.97. The van der Waals surface area contributed by atoms with Gasteiger partial charge in [-0.25, -0.2) is 0 Å². The maximum atomic E-state index is 2.70. The molecule has 0 nitrogen and oxygen atoms in total. The van der Waals surface area contributed by atoms with Gasteiger partial charge in [-0.15, -0.1) is 0 Å². The summed E-state index contributed by atoms with van der Waals surface area (Å²) in [5.74, 6) is 6.79. The van der Waals surface area contributed by atoms with Crippen molar-refractivity contribution in [1.82, 2.24) is 0 Å². The summed E-state index contributed by atoms with van der Waals surface area (Å²) >= 11 is 0. The van der Waals surface area contributed by atoms with Crippen molar-refractivity contribution in [1.29, 1.82) is 0 Å². The Morgan fingerprint density at radius 3 is 1.52 bits per heavy atom. The first kappa shape index (κ1) is 25.1. The molecule has 0 aromatic heterocycles. The molecular weight excluding hydrogens is 396 g/mol. The Morgan fingerprint density at radius 2 is 1.15 bits per heavy atom. The Labute approximate surface area is 206 Å². The molecule has 4 aliphatic rings. The second-order valence-electron chi connectivity index (χ2n) is 15.4. The van der Waals surface area contributed by atoms with E-state index in [-0.39, 0.29) is 10.8 Å². The van der Waals surface area contributed by atoms with Crippen LogP contribution in [0.15, 0.2) is 47.6 Å². The molecule has 2 saturated carbocycles. The second kappa shape index (κ2) is 8.27. The zero-order chi connectivity index (χ0) is 24.5. The molecule has 0 heterocycles. The lowest BCUT2D eigenvalue weighted by molar-refractivity contribution is 0.153. The molecule has 0 aromatic carbocycles. The van der Waals surface area contributed by atoms with Crippen molar-refractivity contribution in [3.05, 3.63) is 47.6 Å². The fraction of sp³-hybridized carbons (Fsp3) is 0.758. The van der Waals surface area contributed by atoms with Gasteiger partial charge in [-0.3, -0.25) is 0 Å². The third-order valence-corrected chi connectivity index (χ3v) is 10.1. The van der Waals surface area contributed by atoms with Crippen LogP contribution in [0.1, 0.15) is 89.0 Å². The number of rotatable bonds is 2. The molecule has 4 rings (SSSR count). The van der Waals surface area contributed by atoms with E-state index in [4.69, 9.17) is 0 Å². The molecule has 0 amide bonds. The number of fused-ring (bicyclic) bond motifs is 3. The second-order valence-corrected chi connectivity index (χ2v) is 15.4. The zero-order valence-electron chi connectivity index (χ0n) is 23.6. The predicted octanol–water partition coefficient (Wildman–Crippen LogP) is 9.51. The third kappa shape index (κ3) is 4.62. The predicted molar refractivity (Wildman–Crippen MR) is 145 cm³/mol. The van der Waals surface area contributed by atoms with E-state index in [1.54, 1.807) is 0 Å². The van der Waals surface area contributed by atoms with Crippen molar-refractivity contribution >= 4 is 0 Å². The molecule has 0 N–H and O–H groups in total. The average molecular weight is 449 g/mol. The fourth-order valence-corrected chi connectivity index (χ4v) is 7.90. The van der Waals surface area contributed by atoms with Crippen LogP contribution in [0.3, 0.4) is 0 Å². The minimum atomic E-state index is 0.224. The van der Waals surface area contributed by atoms with E-state index in [2.05, 4.69) is 113 Å². The molecule has 33 heavy (non-hydrogen) atoms. The molecule has 8 atom stereocenters. The zero-order valence-corrected chi connectivity index (χ0v) is 23.6. The molecule has 0 aliphatic heterocycles. The Bertz CT molecular complexity index is 803. The maximum Gasteiger partial charge on any atom is -0.00925 e. The van der Waals surface area contributed by atoms with E-state index in [9.17, 15) is 0 Å². The highest BCUT2D eigenvalue weighted by molar-refractivity contribution is 5.39. The van der Waals surface area contributed by atoms with E-state index < -0.39 is 0 Å². The first-order valence-corrected chi connectivity index (χ1v) is 13.9. The lowest BCUT2D eigenvalue weighted by atomic mass is 9.68. The van der Waals surface area contributed by atoms with E-state index in [0.29, 0.717) is 29.1 Å². The topological polar surface area (TPSA) is 0 Å². The normalized spacial score (nSPS) is 39.7. The first-order valence-electron chi connectivity index (χ1n) is 13.9. The van der Waals surface area contributed by atoms with Crippen molar-refractivity contribution in [2.24, 2.45) is 69.5 Å². The number of hydrogen-bond acceptors (Lipinski definition) is 0. The summed E-state index contributed by atoms with van der Waals surface area (Å²) in [7, 11) is 0. The molecule has 0 heteroatoms. The SMILES string of the molecule is CC1CC(C(C)(C)C)CC1C(C)C1C2C=CC(C(C)(C)C)=CC2C2C=C(C(C)(C)C)C=CC21. The van der Waals surface area contributed by atoms with Crippen molar-refractivity contribution in [2.75, 3.05) is 0 Å². The summed E-state index contributed by atoms with van der Waals surface area (Å²) in [6, 6.07) is 0. The van der Waals surface area contributed by atoms with Crippen LogP contribution < -0.4 is 0 Å². The highest BCUT2D eigenvalue weighted by Crippen LogP contribution is 2.60. The highest BCUT2D eigenvalue weighted by Gasteiger charge is 2.53. The summed E-state index contributed by atoms with van der Waals surface area (Å²) in [5, 5.41) is 0. The molecule has 0 spiro atoms. The van der Waals surface area contributed by atoms with Crippen molar-refractivity contribution in [3.63, 3.8) is 0 Å². The van der Waals surface area contributed by atoms with Crippen molar-refractivity contribution < 1.29 is 0 Å². The molecule has 0 aromatic rings. The third-order valence-electron chi connectivity index (χ3n) is 10.1.